The molecule has 0 aliphatic heterocycles. The third-order valence-electron chi connectivity index (χ3n) is 2.82. The molecule has 1 rings (SSSR count). The van der Waals surface area contributed by atoms with Crippen molar-refractivity contribution >= 4 is 22.9 Å². The predicted molar refractivity (Wildman–Crippen MR) is 91.9 cm³/mol. The van der Waals surface area contributed by atoms with Gasteiger partial charge in [0.1, 0.15) is 11.5 Å². The van der Waals surface area contributed by atoms with Gasteiger partial charge in [0.15, 0.2) is 0 Å². The van der Waals surface area contributed by atoms with Crippen LogP contribution in [0.25, 0.3) is 0 Å². The fourth-order valence-corrected chi connectivity index (χ4v) is 1.71. The van der Waals surface area contributed by atoms with Gasteiger partial charge >= 0.3 is 0 Å². The van der Waals surface area contributed by atoms with E-state index >= 15 is 0 Å². The minimum Gasteiger partial charge on any atom is -0.387 e. The number of ketones is 1. The number of carbonyl (C=O) groups excluding carboxylic acids is 1. The molecule has 0 unspecified atom stereocenters. The molecule has 0 amide bonds. The third kappa shape index (κ3) is 5.40. The highest BCUT2D eigenvalue weighted by Crippen LogP contribution is 2.18. The quantitative estimate of drug-likeness (QED) is 0.354. The number of nitrogens with one attached hydrogen (secondary N) is 4. The minimum absolute atomic E-state index is 0.210. The minimum atomic E-state index is -0.531. The van der Waals surface area contributed by atoms with Gasteiger partial charge in [-0.3, -0.25) is 10.2 Å². The first kappa shape index (κ1) is 18.1. The van der Waals surface area contributed by atoms with Crippen molar-refractivity contribution in [2.24, 2.45) is 5.73 Å². The summed E-state index contributed by atoms with van der Waals surface area (Å²) in [6.45, 7) is 3.70. The Hall–Kier alpha value is -2.93. The molecule has 23 heavy (non-hydrogen) atoms. The molecule has 0 aliphatic rings. The molecule has 6 nitrogen and oxygen atoms in total. The standard InChI is InChI=1S/C16H20FN5O/c1-3-21-11-4-5-13(12(17)10-11)22-9-7-15(23)16(19)14(20-2)6-8-18/h3-7,9-10,19-22H,1,8,18H2,2H3/b9-7-,14-6-,19-16?. The summed E-state index contributed by atoms with van der Waals surface area (Å²) in [5, 5.41) is 15.9. The lowest BCUT2D eigenvalue weighted by Crippen LogP contribution is -2.23. The van der Waals surface area contributed by atoms with E-state index in [0.717, 1.165) is 6.08 Å². The van der Waals surface area contributed by atoms with Crippen molar-refractivity contribution in [3.8, 4) is 0 Å². The summed E-state index contributed by atoms with van der Waals surface area (Å²) in [7, 11) is 1.60. The maximum absolute atomic E-state index is 13.8. The molecule has 0 spiro atoms. The van der Waals surface area contributed by atoms with Gasteiger partial charge in [-0.25, -0.2) is 4.39 Å². The number of hydrogen-bond donors (Lipinski definition) is 5. The largest absolute Gasteiger partial charge is 0.387 e. The van der Waals surface area contributed by atoms with Crippen LogP contribution in [0.4, 0.5) is 15.8 Å². The lowest BCUT2D eigenvalue weighted by Gasteiger charge is -2.07. The second-order valence-electron chi connectivity index (χ2n) is 4.36. The molecule has 6 N–H and O–H groups in total. The first-order chi connectivity index (χ1) is 11.0. The van der Waals surface area contributed by atoms with Crippen LogP contribution in [0.1, 0.15) is 0 Å². The number of halogens is 1. The predicted octanol–water partition coefficient (Wildman–Crippen LogP) is 1.96. The first-order valence-electron chi connectivity index (χ1n) is 6.84. The lowest BCUT2D eigenvalue weighted by molar-refractivity contribution is -0.108. The van der Waals surface area contributed by atoms with E-state index in [1.54, 1.807) is 13.1 Å². The van der Waals surface area contributed by atoms with Gasteiger partial charge in [0, 0.05) is 31.6 Å². The van der Waals surface area contributed by atoms with Crippen LogP contribution >= 0.6 is 0 Å². The topological polar surface area (TPSA) is 103 Å². The van der Waals surface area contributed by atoms with Crippen LogP contribution in [0.5, 0.6) is 0 Å². The van der Waals surface area contributed by atoms with Gasteiger partial charge < -0.3 is 21.7 Å². The molecule has 122 valence electrons. The summed E-state index contributed by atoms with van der Waals surface area (Å²) in [6, 6.07) is 4.48. The van der Waals surface area contributed by atoms with Gasteiger partial charge in [0.25, 0.3) is 0 Å². The van der Waals surface area contributed by atoms with Crippen molar-refractivity contribution in [1.29, 1.82) is 5.41 Å². The van der Waals surface area contributed by atoms with Crippen LogP contribution in [-0.4, -0.2) is 25.1 Å². The monoisotopic (exact) mass is 317 g/mol. The van der Waals surface area contributed by atoms with Gasteiger partial charge in [0.2, 0.25) is 5.78 Å². The highest BCUT2D eigenvalue weighted by molar-refractivity contribution is 6.48. The summed E-state index contributed by atoms with van der Waals surface area (Å²) in [6.07, 6.45) is 5.41. The molecule has 0 aromatic heterocycles. The fraction of sp³-hybridized carbons (Fsp3) is 0.125. The van der Waals surface area contributed by atoms with E-state index in [9.17, 15) is 9.18 Å². The van der Waals surface area contributed by atoms with Gasteiger partial charge in [0.05, 0.1) is 11.4 Å². The normalized spacial score (nSPS) is 11.2. The molecule has 0 radical (unpaired) electrons. The Morgan fingerprint density at radius 2 is 2.17 bits per heavy atom. The molecule has 1 aromatic carbocycles. The number of nitrogens with two attached hydrogens (primary N) is 1. The van der Waals surface area contributed by atoms with E-state index in [-0.39, 0.29) is 17.9 Å². The summed E-state index contributed by atoms with van der Waals surface area (Å²) in [5.41, 5.74) is 6.26. The van der Waals surface area contributed by atoms with Crippen molar-refractivity contribution in [3.63, 3.8) is 0 Å². The molecular weight excluding hydrogens is 297 g/mol. The molecule has 0 saturated carbocycles. The van der Waals surface area contributed by atoms with E-state index in [2.05, 4.69) is 22.5 Å². The molecule has 1 aromatic rings. The zero-order valence-electron chi connectivity index (χ0n) is 12.8. The Bertz CT molecular complexity index is 652. The second kappa shape index (κ2) is 9.16. The van der Waals surface area contributed by atoms with Crippen LogP contribution in [0.3, 0.4) is 0 Å². The zero-order valence-corrected chi connectivity index (χ0v) is 12.8. The van der Waals surface area contributed by atoms with Crippen LogP contribution in [0, 0.1) is 11.2 Å². The number of anilines is 2. The highest BCUT2D eigenvalue weighted by Gasteiger charge is 2.10. The fourth-order valence-electron chi connectivity index (χ4n) is 1.71. The van der Waals surface area contributed by atoms with E-state index in [1.807, 2.05) is 0 Å². The van der Waals surface area contributed by atoms with Crippen LogP contribution in [-0.2, 0) is 4.79 Å². The van der Waals surface area contributed by atoms with Crippen molar-refractivity contribution < 1.29 is 9.18 Å². The van der Waals surface area contributed by atoms with Crippen LogP contribution in [0.15, 0.2) is 55.0 Å². The van der Waals surface area contributed by atoms with Crippen molar-refractivity contribution in [3.05, 3.63) is 60.8 Å². The Balaban J connectivity index is 2.72. The molecule has 0 atom stereocenters. The van der Waals surface area contributed by atoms with Gasteiger partial charge in [-0.1, -0.05) is 6.58 Å². The summed E-state index contributed by atoms with van der Waals surface area (Å²) in [4.78, 5) is 11.8. The maximum Gasteiger partial charge on any atom is 0.207 e. The molecule has 0 fully saturated rings. The maximum atomic E-state index is 13.8. The SMILES string of the molecule is C=CNc1ccc(N/C=C\C(=O)C(=N)/C(=C/CN)NC)c(F)c1. The van der Waals surface area contributed by atoms with Gasteiger partial charge in [-0.2, -0.15) is 0 Å². The van der Waals surface area contributed by atoms with Crippen LogP contribution in [0.2, 0.25) is 0 Å². The second-order valence-corrected chi connectivity index (χ2v) is 4.36. The zero-order chi connectivity index (χ0) is 17.2. The van der Waals surface area contributed by atoms with Crippen molar-refractivity contribution in [2.75, 3.05) is 24.2 Å². The molecular formula is C16H20FN5O. The molecule has 0 heterocycles. The highest BCUT2D eigenvalue weighted by atomic mass is 19.1. The average molecular weight is 317 g/mol. The average Bonchev–Trinajstić information content (AvgIpc) is 2.54. The van der Waals surface area contributed by atoms with Crippen molar-refractivity contribution in [2.45, 2.75) is 0 Å². The summed E-state index contributed by atoms with van der Waals surface area (Å²) < 4.78 is 13.8. The lowest BCUT2D eigenvalue weighted by atomic mass is 10.1. The van der Waals surface area contributed by atoms with Crippen LogP contribution < -0.4 is 21.7 Å². The Morgan fingerprint density at radius 3 is 2.74 bits per heavy atom. The van der Waals surface area contributed by atoms with Crippen molar-refractivity contribution in [1.82, 2.24) is 5.32 Å². The first-order valence-corrected chi connectivity index (χ1v) is 6.84. The molecule has 0 aliphatic carbocycles. The Morgan fingerprint density at radius 1 is 1.43 bits per heavy atom. The van der Waals surface area contributed by atoms with E-state index in [4.69, 9.17) is 11.1 Å². The number of allylic oxidation sites excluding steroid dienone is 2. The smallest absolute Gasteiger partial charge is 0.207 e. The number of rotatable bonds is 9. The Labute approximate surface area is 134 Å². The molecule has 0 saturated heterocycles. The van der Waals surface area contributed by atoms with E-state index in [0.29, 0.717) is 11.4 Å². The van der Waals surface area contributed by atoms with Gasteiger partial charge in [-0.05, 0) is 30.5 Å². The van der Waals surface area contributed by atoms with Gasteiger partial charge in [-0.15, -0.1) is 0 Å². The number of hydrogen-bond acceptors (Lipinski definition) is 6. The van der Waals surface area contributed by atoms with E-state index < -0.39 is 11.6 Å². The molecule has 0 bridgehead atoms. The molecule has 7 heteroatoms. The summed E-state index contributed by atoms with van der Waals surface area (Å²) >= 11 is 0. The Kier molecular flexibility index (Phi) is 7.22. The number of benzene rings is 1. The summed E-state index contributed by atoms with van der Waals surface area (Å²) in [5.74, 6) is -1.01. The number of carbonyl (C=O) groups is 1. The third-order valence-corrected chi connectivity index (χ3v) is 2.82. The van der Waals surface area contributed by atoms with E-state index in [1.165, 1.54) is 30.6 Å².